The Hall–Kier alpha value is -2.21. The molecule has 1 aromatic carbocycles. The maximum Gasteiger partial charge on any atom is 0.453 e. The molecule has 2 aliphatic rings. The summed E-state index contributed by atoms with van der Waals surface area (Å²) in [6.07, 6.45) is -4.63. The fraction of sp³-hybridized carbons (Fsp3) is 0.167. The van der Waals surface area contributed by atoms with Gasteiger partial charge in [0.05, 0.1) is 4.92 Å². The first-order chi connectivity index (χ1) is 11.4. The van der Waals surface area contributed by atoms with Crippen LogP contribution in [0.3, 0.4) is 0 Å². The van der Waals surface area contributed by atoms with Crippen molar-refractivity contribution in [1.29, 1.82) is 0 Å². The van der Waals surface area contributed by atoms with Crippen LogP contribution in [0.4, 0.5) is 18.9 Å². The number of hydrogen-bond donors (Lipinski definition) is 0. The standard InChI is InChI=1S/C12H6F3N5O2S2/c13-12(14,15)10-16-17-11-19(10)18-8(24-11)5-23-9(18)6-1-3-7(4-2-6)20(21)22/h1-5,9H/t9-/m0/s1. The molecule has 0 saturated carbocycles. The van der Waals surface area contributed by atoms with Gasteiger partial charge < -0.3 is 0 Å². The fourth-order valence-corrected chi connectivity index (χ4v) is 4.62. The maximum absolute atomic E-state index is 13.1. The summed E-state index contributed by atoms with van der Waals surface area (Å²) in [4.78, 5) is 10.2. The van der Waals surface area contributed by atoms with Crippen LogP contribution < -0.4 is 5.01 Å². The summed E-state index contributed by atoms with van der Waals surface area (Å²) >= 11 is 2.42. The van der Waals surface area contributed by atoms with E-state index in [1.54, 1.807) is 5.41 Å². The summed E-state index contributed by atoms with van der Waals surface area (Å²) in [5.41, 5.74) is 0.568. The SMILES string of the molecule is O=[N+]([O-])c1ccc([C@@H]2SC=C3Sc4nnc(C(F)(F)F)n4N32)cc1. The predicted molar refractivity (Wildman–Crippen MR) is 80.6 cm³/mol. The number of halogens is 3. The highest BCUT2D eigenvalue weighted by atomic mass is 32.2. The predicted octanol–water partition coefficient (Wildman–Crippen LogP) is 3.49. The van der Waals surface area contributed by atoms with E-state index in [1.807, 2.05) is 0 Å². The van der Waals surface area contributed by atoms with Crippen LogP contribution >= 0.6 is 23.5 Å². The van der Waals surface area contributed by atoms with Crippen LogP contribution in [0.25, 0.3) is 0 Å². The first kappa shape index (κ1) is 15.3. The zero-order valence-electron chi connectivity index (χ0n) is 11.5. The maximum atomic E-state index is 13.1. The number of nitrogens with zero attached hydrogens (tertiary/aromatic N) is 5. The van der Waals surface area contributed by atoms with E-state index in [-0.39, 0.29) is 10.8 Å². The lowest BCUT2D eigenvalue weighted by atomic mass is 10.2. The first-order valence-electron chi connectivity index (χ1n) is 6.46. The molecule has 0 bridgehead atoms. The van der Waals surface area contributed by atoms with E-state index in [0.29, 0.717) is 10.6 Å². The average Bonchev–Trinajstić information content (AvgIpc) is 3.16. The van der Waals surface area contributed by atoms with Gasteiger partial charge >= 0.3 is 6.18 Å². The lowest BCUT2D eigenvalue weighted by Crippen LogP contribution is -2.33. The molecule has 0 radical (unpaired) electrons. The topological polar surface area (TPSA) is 77.1 Å². The molecule has 0 spiro atoms. The van der Waals surface area contributed by atoms with Crippen LogP contribution in [-0.2, 0) is 6.18 Å². The normalized spacial score (nSPS) is 19.2. The molecular weight excluding hydrogens is 367 g/mol. The van der Waals surface area contributed by atoms with Crippen LogP contribution in [0.15, 0.2) is 39.9 Å². The monoisotopic (exact) mass is 373 g/mol. The molecule has 0 saturated heterocycles. The Balaban J connectivity index is 1.74. The quantitative estimate of drug-likeness (QED) is 0.589. The number of nitro benzene ring substituents is 1. The highest BCUT2D eigenvalue weighted by Crippen LogP contribution is 2.52. The summed E-state index contributed by atoms with van der Waals surface area (Å²) in [5.74, 6) is -1.09. The van der Waals surface area contributed by atoms with Gasteiger partial charge in [0.2, 0.25) is 5.16 Å². The first-order valence-corrected chi connectivity index (χ1v) is 8.22. The van der Waals surface area contributed by atoms with Crippen LogP contribution in [-0.4, -0.2) is 19.8 Å². The number of hydrogen-bond acceptors (Lipinski definition) is 7. The molecule has 24 heavy (non-hydrogen) atoms. The fourth-order valence-electron chi connectivity index (χ4n) is 2.40. The Kier molecular flexibility index (Phi) is 3.28. The largest absolute Gasteiger partial charge is 0.453 e. The van der Waals surface area contributed by atoms with E-state index < -0.39 is 22.3 Å². The van der Waals surface area contributed by atoms with Crippen molar-refractivity contribution in [1.82, 2.24) is 14.9 Å². The minimum atomic E-state index is -4.63. The molecule has 0 fully saturated rings. The molecule has 2 aromatic rings. The van der Waals surface area contributed by atoms with Crippen molar-refractivity contribution >= 4 is 29.2 Å². The summed E-state index contributed by atoms with van der Waals surface area (Å²) in [6.45, 7) is 0. The second-order valence-electron chi connectivity index (χ2n) is 4.86. The van der Waals surface area contributed by atoms with Crippen molar-refractivity contribution in [2.24, 2.45) is 0 Å². The zero-order valence-corrected chi connectivity index (χ0v) is 13.1. The smallest absolute Gasteiger partial charge is 0.258 e. The highest BCUT2D eigenvalue weighted by molar-refractivity contribution is 8.07. The third-order valence-corrected chi connectivity index (χ3v) is 5.60. The molecule has 0 aliphatic carbocycles. The van der Waals surface area contributed by atoms with Crippen molar-refractivity contribution in [3.8, 4) is 0 Å². The van der Waals surface area contributed by atoms with Crippen LogP contribution in [0.1, 0.15) is 16.8 Å². The second kappa shape index (κ2) is 5.14. The number of rotatable bonds is 2. The summed E-state index contributed by atoms with van der Waals surface area (Å²) in [6, 6.07) is 5.73. The van der Waals surface area contributed by atoms with Crippen molar-refractivity contribution in [3.05, 3.63) is 56.2 Å². The minimum Gasteiger partial charge on any atom is -0.258 e. The van der Waals surface area contributed by atoms with E-state index in [1.165, 1.54) is 41.0 Å². The molecule has 4 rings (SSSR count). The van der Waals surface area contributed by atoms with Crippen molar-refractivity contribution in [2.75, 3.05) is 5.01 Å². The molecule has 7 nitrogen and oxygen atoms in total. The second-order valence-corrected chi connectivity index (χ2v) is 6.80. The van der Waals surface area contributed by atoms with Gasteiger partial charge in [-0.2, -0.15) is 13.2 Å². The number of nitro groups is 1. The number of aromatic nitrogens is 3. The molecule has 1 aromatic heterocycles. The van der Waals surface area contributed by atoms with Gasteiger partial charge in [-0.15, -0.1) is 10.2 Å². The minimum absolute atomic E-state index is 0.0771. The summed E-state index contributed by atoms with van der Waals surface area (Å²) in [5, 5.41) is 21.0. The summed E-state index contributed by atoms with van der Waals surface area (Å²) < 4.78 is 40.4. The van der Waals surface area contributed by atoms with Crippen molar-refractivity contribution < 1.29 is 18.1 Å². The number of alkyl halides is 3. The molecule has 124 valence electrons. The lowest BCUT2D eigenvalue weighted by molar-refractivity contribution is -0.384. The Morgan fingerprint density at radius 3 is 2.54 bits per heavy atom. The van der Waals surface area contributed by atoms with E-state index in [0.717, 1.165) is 16.4 Å². The van der Waals surface area contributed by atoms with Gasteiger partial charge in [-0.05, 0) is 29.5 Å². The molecular formula is C12H6F3N5O2S2. The van der Waals surface area contributed by atoms with Crippen molar-refractivity contribution in [3.63, 3.8) is 0 Å². The molecule has 12 heteroatoms. The summed E-state index contributed by atoms with van der Waals surface area (Å²) in [7, 11) is 0. The highest BCUT2D eigenvalue weighted by Gasteiger charge is 2.47. The molecule has 1 atom stereocenters. The lowest BCUT2D eigenvalue weighted by Gasteiger charge is -2.26. The van der Waals surface area contributed by atoms with Crippen LogP contribution in [0, 0.1) is 10.1 Å². The van der Waals surface area contributed by atoms with Gasteiger partial charge in [0, 0.05) is 17.5 Å². The molecule has 0 N–H and O–H groups in total. The Bertz CT molecular complexity index is 865. The molecule has 2 aliphatic heterocycles. The van der Waals surface area contributed by atoms with Gasteiger partial charge in [0.25, 0.3) is 11.5 Å². The number of benzene rings is 1. The van der Waals surface area contributed by atoms with Crippen LogP contribution in [0.5, 0.6) is 0 Å². The van der Waals surface area contributed by atoms with Gasteiger partial charge in [0.1, 0.15) is 10.4 Å². The Labute approximate surface area is 140 Å². The molecule has 0 unspecified atom stereocenters. The zero-order chi connectivity index (χ0) is 17.1. The van der Waals surface area contributed by atoms with Gasteiger partial charge in [-0.1, -0.05) is 11.8 Å². The Morgan fingerprint density at radius 2 is 1.92 bits per heavy atom. The number of thioether (sulfide) groups is 2. The van der Waals surface area contributed by atoms with Crippen LogP contribution in [0.2, 0.25) is 0 Å². The average molecular weight is 373 g/mol. The van der Waals surface area contributed by atoms with Crippen molar-refractivity contribution in [2.45, 2.75) is 16.7 Å². The van der Waals surface area contributed by atoms with Gasteiger partial charge in [0.15, 0.2) is 0 Å². The third-order valence-electron chi connectivity index (χ3n) is 3.41. The van der Waals surface area contributed by atoms with Gasteiger partial charge in [-0.3, -0.25) is 15.1 Å². The number of fused-ring (bicyclic) bond motifs is 3. The van der Waals surface area contributed by atoms with Gasteiger partial charge in [-0.25, -0.2) is 4.68 Å². The van der Waals surface area contributed by atoms with E-state index in [9.17, 15) is 23.3 Å². The van der Waals surface area contributed by atoms with E-state index >= 15 is 0 Å². The number of non-ortho nitro benzene ring substituents is 1. The molecule has 0 amide bonds. The molecule has 3 heterocycles. The van der Waals surface area contributed by atoms with E-state index in [2.05, 4.69) is 10.2 Å². The Morgan fingerprint density at radius 1 is 1.21 bits per heavy atom. The van der Waals surface area contributed by atoms with E-state index in [4.69, 9.17) is 0 Å². The third kappa shape index (κ3) is 2.24.